The van der Waals surface area contributed by atoms with E-state index in [2.05, 4.69) is 69.5 Å². The summed E-state index contributed by atoms with van der Waals surface area (Å²) in [5.41, 5.74) is 2.44. The van der Waals surface area contributed by atoms with Crippen LogP contribution in [0.1, 0.15) is 27.7 Å². The minimum Gasteiger partial charge on any atom is -0.351 e. The third-order valence-corrected chi connectivity index (χ3v) is 5.02. The number of aromatic nitrogens is 3. The molecule has 0 saturated carbocycles. The standard InChI is InChI=1S/C19H24N6S.HI/c1-14-6-8-16(9-7-14)11-20-19(21-12-17-5-4-10-26-17)22-13-18-24-23-15(2)25(18)3;/h4-10H,11-13H2,1-3H3,(H2,20,21,22);1H. The molecule has 2 aromatic heterocycles. The van der Waals surface area contributed by atoms with Crippen LogP contribution in [-0.4, -0.2) is 20.7 Å². The van der Waals surface area contributed by atoms with Gasteiger partial charge in [0, 0.05) is 11.9 Å². The molecule has 0 amide bonds. The monoisotopic (exact) mass is 496 g/mol. The van der Waals surface area contributed by atoms with Crippen LogP contribution < -0.4 is 10.6 Å². The molecule has 0 aliphatic heterocycles. The van der Waals surface area contributed by atoms with Crippen molar-refractivity contribution in [2.45, 2.75) is 33.5 Å². The summed E-state index contributed by atoms with van der Waals surface area (Å²) >= 11 is 1.73. The zero-order chi connectivity index (χ0) is 18.4. The van der Waals surface area contributed by atoms with Gasteiger partial charge in [0.1, 0.15) is 5.82 Å². The van der Waals surface area contributed by atoms with Crippen molar-refractivity contribution in [1.29, 1.82) is 0 Å². The second-order valence-corrected chi connectivity index (χ2v) is 7.19. The SMILES string of the molecule is Cc1ccc(CN=C(NCc2cccs2)NCc2nnc(C)n2C)cc1.I. The number of nitrogens with zero attached hydrogens (tertiary/aromatic N) is 4. The molecule has 8 heteroatoms. The van der Waals surface area contributed by atoms with Gasteiger partial charge in [0.15, 0.2) is 11.8 Å². The summed E-state index contributed by atoms with van der Waals surface area (Å²) in [5, 5.41) is 17.1. The van der Waals surface area contributed by atoms with E-state index in [0.717, 1.165) is 24.2 Å². The van der Waals surface area contributed by atoms with E-state index in [9.17, 15) is 0 Å². The number of thiophene rings is 1. The first-order valence-electron chi connectivity index (χ1n) is 8.57. The number of guanidine groups is 1. The zero-order valence-electron chi connectivity index (χ0n) is 15.8. The van der Waals surface area contributed by atoms with E-state index in [4.69, 9.17) is 4.99 Å². The molecule has 3 aromatic rings. The Hall–Kier alpha value is -1.94. The molecule has 1 aromatic carbocycles. The van der Waals surface area contributed by atoms with Crippen LogP contribution in [0.2, 0.25) is 0 Å². The Morgan fingerprint density at radius 2 is 1.81 bits per heavy atom. The van der Waals surface area contributed by atoms with Gasteiger partial charge >= 0.3 is 0 Å². The van der Waals surface area contributed by atoms with Gasteiger partial charge in [0.2, 0.25) is 0 Å². The van der Waals surface area contributed by atoms with Crippen molar-refractivity contribution in [3.05, 3.63) is 69.4 Å². The summed E-state index contributed by atoms with van der Waals surface area (Å²) in [4.78, 5) is 5.98. The Bertz CT molecular complexity index is 855. The summed E-state index contributed by atoms with van der Waals surface area (Å²) in [5.74, 6) is 2.54. The van der Waals surface area contributed by atoms with Gasteiger partial charge < -0.3 is 15.2 Å². The third-order valence-electron chi connectivity index (χ3n) is 4.15. The molecule has 2 N–H and O–H groups in total. The number of hydrogen-bond acceptors (Lipinski definition) is 4. The summed E-state index contributed by atoms with van der Waals surface area (Å²) in [6.07, 6.45) is 0. The molecule has 0 unspecified atom stereocenters. The van der Waals surface area contributed by atoms with Crippen LogP contribution in [0.25, 0.3) is 0 Å². The maximum absolute atomic E-state index is 4.72. The normalized spacial score (nSPS) is 11.1. The van der Waals surface area contributed by atoms with Gasteiger partial charge in [-0.15, -0.1) is 45.5 Å². The predicted molar refractivity (Wildman–Crippen MR) is 121 cm³/mol. The van der Waals surface area contributed by atoms with Crippen molar-refractivity contribution in [3.8, 4) is 0 Å². The van der Waals surface area contributed by atoms with Crippen LogP contribution >= 0.6 is 35.3 Å². The first-order valence-corrected chi connectivity index (χ1v) is 9.45. The molecule has 0 fully saturated rings. The van der Waals surface area contributed by atoms with Gasteiger partial charge in [0.05, 0.1) is 19.6 Å². The van der Waals surface area contributed by atoms with Crippen molar-refractivity contribution >= 4 is 41.3 Å². The minimum absolute atomic E-state index is 0. The molecule has 2 heterocycles. The van der Waals surface area contributed by atoms with Crippen LogP contribution in [0.5, 0.6) is 0 Å². The van der Waals surface area contributed by atoms with E-state index in [1.54, 1.807) is 11.3 Å². The number of aliphatic imine (C=N–C) groups is 1. The molecular weight excluding hydrogens is 471 g/mol. The van der Waals surface area contributed by atoms with Crippen molar-refractivity contribution in [1.82, 2.24) is 25.4 Å². The van der Waals surface area contributed by atoms with Gasteiger partial charge in [-0.2, -0.15) is 0 Å². The number of hydrogen-bond donors (Lipinski definition) is 2. The molecule has 0 aliphatic rings. The van der Waals surface area contributed by atoms with Crippen molar-refractivity contribution in [2.75, 3.05) is 0 Å². The first kappa shape index (κ1) is 21.4. The van der Waals surface area contributed by atoms with Crippen LogP contribution in [0.15, 0.2) is 46.8 Å². The van der Waals surface area contributed by atoms with Crippen LogP contribution in [0.4, 0.5) is 0 Å². The van der Waals surface area contributed by atoms with E-state index in [1.165, 1.54) is 16.0 Å². The predicted octanol–water partition coefficient (Wildman–Crippen LogP) is 3.55. The first-order chi connectivity index (χ1) is 12.6. The molecule has 0 saturated heterocycles. The Kier molecular flexibility index (Phi) is 8.23. The van der Waals surface area contributed by atoms with E-state index < -0.39 is 0 Å². The van der Waals surface area contributed by atoms with Crippen LogP contribution in [0, 0.1) is 13.8 Å². The lowest BCUT2D eigenvalue weighted by molar-refractivity contribution is 0.715. The lowest BCUT2D eigenvalue weighted by atomic mass is 10.1. The number of aryl methyl sites for hydroxylation is 2. The second-order valence-electron chi connectivity index (χ2n) is 6.16. The Morgan fingerprint density at radius 1 is 1.07 bits per heavy atom. The quantitative estimate of drug-likeness (QED) is 0.311. The molecule has 27 heavy (non-hydrogen) atoms. The summed E-state index contributed by atoms with van der Waals surface area (Å²) in [7, 11) is 1.97. The molecule has 3 rings (SSSR count). The van der Waals surface area contributed by atoms with Gasteiger partial charge in [0.25, 0.3) is 0 Å². The second kappa shape index (κ2) is 10.4. The lowest BCUT2D eigenvalue weighted by Gasteiger charge is -2.12. The van der Waals surface area contributed by atoms with Crippen molar-refractivity contribution in [2.24, 2.45) is 12.0 Å². The highest BCUT2D eigenvalue weighted by Gasteiger charge is 2.06. The summed E-state index contributed by atoms with van der Waals surface area (Å²) in [6.45, 7) is 5.97. The molecule has 0 spiro atoms. The van der Waals surface area contributed by atoms with E-state index in [0.29, 0.717) is 13.1 Å². The number of rotatable bonds is 6. The van der Waals surface area contributed by atoms with Gasteiger partial charge in [-0.25, -0.2) is 4.99 Å². The van der Waals surface area contributed by atoms with Crippen molar-refractivity contribution in [3.63, 3.8) is 0 Å². The Morgan fingerprint density at radius 3 is 2.44 bits per heavy atom. The maximum Gasteiger partial charge on any atom is 0.192 e. The number of nitrogens with one attached hydrogen (secondary N) is 2. The van der Waals surface area contributed by atoms with Crippen molar-refractivity contribution < 1.29 is 0 Å². The average molecular weight is 496 g/mol. The van der Waals surface area contributed by atoms with Crippen LogP contribution in [-0.2, 0) is 26.7 Å². The highest BCUT2D eigenvalue weighted by atomic mass is 127. The minimum atomic E-state index is 0. The highest BCUT2D eigenvalue weighted by Crippen LogP contribution is 2.08. The lowest BCUT2D eigenvalue weighted by Crippen LogP contribution is -2.37. The van der Waals surface area contributed by atoms with Gasteiger partial charge in [-0.05, 0) is 30.9 Å². The molecule has 144 valence electrons. The van der Waals surface area contributed by atoms with E-state index in [1.807, 2.05) is 18.5 Å². The third kappa shape index (κ3) is 6.31. The fraction of sp³-hybridized carbons (Fsp3) is 0.316. The van der Waals surface area contributed by atoms with Crippen LogP contribution in [0.3, 0.4) is 0 Å². The highest BCUT2D eigenvalue weighted by molar-refractivity contribution is 14.0. The summed E-state index contributed by atoms with van der Waals surface area (Å²) < 4.78 is 1.98. The number of benzene rings is 1. The zero-order valence-corrected chi connectivity index (χ0v) is 18.9. The molecule has 0 bridgehead atoms. The fourth-order valence-corrected chi connectivity index (χ4v) is 3.03. The maximum atomic E-state index is 4.72. The average Bonchev–Trinajstić information content (AvgIpc) is 3.27. The molecule has 6 nitrogen and oxygen atoms in total. The smallest absolute Gasteiger partial charge is 0.192 e. The largest absolute Gasteiger partial charge is 0.351 e. The molecule has 0 radical (unpaired) electrons. The van der Waals surface area contributed by atoms with E-state index in [-0.39, 0.29) is 24.0 Å². The summed E-state index contributed by atoms with van der Waals surface area (Å²) in [6, 6.07) is 12.6. The topological polar surface area (TPSA) is 67.1 Å². The Labute approximate surface area is 181 Å². The fourth-order valence-electron chi connectivity index (χ4n) is 2.39. The van der Waals surface area contributed by atoms with Gasteiger partial charge in [-0.3, -0.25) is 0 Å². The van der Waals surface area contributed by atoms with E-state index >= 15 is 0 Å². The molecular formula is C19H25IN6S. The van der Waals surface area contributed by atoms with Gasteiger partial charge in [-0.1, -0.05) is 35.9 Å². The Balaban J connectivity index is 0.00000261. The number of halogens is 1. The molecule has 0 aliphatic carbocycles. The molecule has 0 atom stereocenters.